The molecule has 188 valence electrons. The Morgan fingerprint density at radius 1 is 1.03 bits per heavy atom. The lowest BCUT2D eigenvalue weighted by atomic mass is 9.98. The van der Waals surface area contributed by atoms with Gasteiger partial charge in [0.25, 0.3) is 5.91 Å². The van der Waals surface area contributed by atoms with Gasteiger partial charge in [-0.05, 0) is 61.5 Å². The molecule has 0 atom stereocenters. The second-order valence-electron chi connectivity index (χ2n) is 9.02. The molecule has 0 radical (unpaired) electrons. The standard InChI is InChI=1S/C26H29N5O3S2/c1-30(2)20-6-3-18(4-7-20)28-26(35)31-11-9-17(10-12-31)25-29-21(16-36-25)24(32)27-19-5-8-22-23(15-19)34-14-13-33-22/h3-8,15-17H,9-14H2,1-2H3,(H,27,32)(H,28,35). The number of rotatable bonds is 5. The fourth-order valence-electron chi connectivity index (χ4n) is 4.27. The number of nitrogens with one attached hydrogen (secondary N) is 2. The summed E-state index contributed by atoms with van der Waals surface area (Å²) in [5.41, 5.74) is 3.23. The van der Waals surface area contributed by atoms with Crippen molar-refractivity contribution in [3.8, 4) is 11.5 Å². The van der Waals surface area contributed by atoms with Crippen LogP contribution in [0, 0.1) is 0 Å². The first-order valence-electron chi connectivity index (χ1n) is 12.0. The number of thiazole rings is 1. The van der Waals surface area contributed by atoms with E-state index >= 15 is 0 Å². The SMILES string of the molecule is CN(C)c1ccc(NC(=S)N2CCC(c3nc(C(=O)Nc4ccc5c(c4)OCCO5)cs3)CC2)cc1. The van der Waals surface area contributed by atoms with Crippen molar-refractivity contribution in [1.29, 1.82) is 0 Å². The fraction of sp³-hybridized carbons (Fsp3) is 0.346. The number of thiocarbonyl (C=S) groups is 1. The number of anilines is 3. The van der Waals surface area contributed by atoms with E-state index in [0.717, 1.165) is 47.4 Å². The number of nitrogens with zero attached hydrogens (tertiary/aromatic N) is 3. The molecule has 36 heavy (non-hydrogen) atoms. The monoisotopic (exact) mass is 523 g/mol. The molecule has 10 heteroatoms. The van der Waals surface area contributed by atoms with Gasteiger partial charge in [-0.3, -0.25) is 4.79 Å². The van der Waals surface area contributed by atoms with Crippen LogP contribution in [0.5, 0.6) is 11.5 Å². The van der Waals surface area contributed by atoms with Gasteiger partial charge in [-0.1, -0.05) is 0 Å². The van der Waals surface area contributed by atoms with Crippen molar-refractivity contribution in [2.75, 3.05) is 55.9 Å². The molecule has 0 unspecified atom stereocenters. The summed E-state index contributed by atoms with van der Waals surface area (Å²) in [4.78, 5) is 21.7. The average molecular weight is 524 g/mol. The van der Waals surface area contributed by atoms with E-state index in [1.54, 1.807) is 17.4 Å². The molecule has 0 bridgehead atoms. The Kier molecular flexibility index (Phi) is 7.24. The maximum absolute atomic E-state index is 12.8. The van der Waals surface area contributed by atoms with Crippen molar-refractivity contribution < 1.29 is 14.3 Å². The maximum atomic E-state index is 12.8. The molecule has 8 nitrogen and oxygen atoms in total. The smallest absolute Gasteiger partial charge is 0.275 e. The Labute approximate surface area is 220 Å². The molecular formula is C26H29N5O3S2. The molecule has 0 aliphatic carbocycles. The number of ether oxygens (including phenoxy) is 2. The van der Waals surface area contributed by atoms with Crippen LogP contribution in [0.3, 0.4) is 0 Å². The number of aromatic nitrogens is 1. The number of hydrogen-bond acceptors (Lipinski definition) is 7. The van der Waals surface area contributed by atoms with Crippen molar-refractivity contribution in [1.82, 2.24) is 9.88 Å². The van der Waals surface area contributed by atoms with Gasteiger partial charge >= 0.3 is 0 Å². The highest BCUT2D eigenvalue weighted by Crippen LogP contribution is 2.33. The zero-order valence-electron chi connectivity index (χ0n) is 20.3. The molecular weight excluding hydrogens is 494 g/mol. The highest BCUT2D eigenvalue weighted by molar-refractivity contribution is 7.80. The van der Waals surface area contributed by atoms with E-state index < -0.39 is 0 Å². The van der Waals surface area contributed by atoms with E-state index in [1.807, 2.05) is 43.7 Å². The van der Waals surface area contributed by atoms with Gasteiger partial charge in [0.15, 0.2) is 16.6 Å². The third kappa shape index (κ3) is 5.55. The molecule has 3 aromatic rings. The molecule has 1 aromatic heterocycles. The molecule has 1 fully saturated rings. The normalized spacial score (nSPS) is 15.3. The van der Waals surface area contributed by atoms with Crippen molar-refractivity contribution in [2.45, 2.75) is 18.8 Å². The number of fused-ring (bicyclic) bond motifs is 1. The lowest BCUT2D eigenvalue weighted by Crippen LogP contribution is -2.40. The summed E-state index contributed by atoms with van der Waals surface area (Å²) < 4.78 is 11.1. The Hall–Kier alpha value is -3.37. The third-order valence-electron chi connectivity index (χ3n) is 6.32. The number of carbonyl (C=O) groups is 1. The minimum Gasteiger partial charge on any atom is -0.486 e. The summed E-state index contributed by atoms with van der Waals surface area (Å²) in [6.07, 6.45) is 1.89. The van der Waals surface area contributed by atoms with Crippen LogP contribution in [0.4, 0.5) is 17.1 Å². The molecule has 2 aromatic carbocycles. The molecule has 3 heterocycles. The molecule has 1 amide bonds. The van der Waals surface area contributed by atoms with Crippen LogP contribution in [0.2, 0.25) is 0 Å². The van der Waals surface area contributed by atoms with Crippen LogP contribution in [0.25, 0.3) is 0 Å². The van der Waals surface area contributed by atoms with Crippen molar-refractivity contribution in [3.05, 3.63) is 58.5 Å². The molecule has 5 rings (SSSR count). The van der Waals surface area contributed by atoms with Crippen LogP contribution >= 0.6 is 23.6 Å². The van der Waals surface area contributed by atoms with E-state index in [-0.39, 0.29) is 5.91 Å². The largest absolute Gasteiger partial charge is 0.486 e. The van der Waals surface area contributed by atoms with E-state index in [4.69, 9.17) is 21.7 Å². The summed E-state index contributed by atoms with van der Waals surface area (Å²) >= 11 is 7.20. The van der Waals surface area contributed by atoms with E-state index in [2.05, 4.69) is 37.6 Å². The van der Waals surface area contributed by atoms with Crippen LogP contribution < -0.4 is 25.0 Å². The van der Waals surface area contributed by atoms with Crippen molar-refractivity contribution in [2.24, 2.45) is 0 Å². The van der Waals surface area contributed by atoms with Crippen LogP contribution in [0.15, 0.2) is 47.8 Å². The highest BCUT2D eigenvalue weighted by atomic mass is 32.1. The lowest BCUT2D eigenvalue weighted by Gasteiger charge is -2.33. The second-order valence-corrected chi connectivity index (χ2v) is 10.3. The molecule has 0 saturated carbocycles. The topological polar surface area (TPSA) is 79.0 Å². The quantitative estimate of drug-likeness (QED) is 0.462. The van der Waals surface area contributed by atoms with Gasteiger partial charge in [0.1, 0.15) is 18.9 Å². The first-order valence-corrected chi connectivity index (χ1v) is 13.2. The molecule has 0 spiro atoms. The fourth-order valence-corrected chi connectivity index (χ4v) is 5.54. The second kappa shape index (κ2) is 10.7. The predicted molar refractivity (Wildman–Crippen MR) is 148 cm³/mol. The first-order chi connectivity index (χ1) is 17.5. The summed E-state index contributed by atoms with van der Waals surface area (Å²) in [5.74, 6) is 1.43. The summed E-state index contributed by atoms with van der Waals surface area (Å²) in [6, 6.07) is 13.6. The predicted octanol–water partition coefficient (Wildman–Crippen LogP) is 4.81. The lowest BCUT2D eigenvalue weighted by molar-refractivity contribution is 0.102. The number of carbonyl (C=O) groups excluding carboxylic acids is 1. The number of amides is 1. The summed E-state index contributed by atoms with van der Waals surface area (Å²) in [5, 5.41) is 9.83. The minimum atomic E-state index is -0.225. The molecule has 2 aliphatic rings. The molecule has 2 aliphatic heterocycles. The van der Waals surface area contributed by atoms with Gasteiger partial charge in [0, 0.05) is 61.6 Å². The van der Waals surface area contributed by atoms with Crippen molar-refractivity contribution in [3.63, 3.8) is 0 Å². The van der Waals surface area contributed by atoms with E-state index in [0.29, 0.717) is 42.0 Å². The first kappa shape index (κ1) is 24.3. The number of piperidine rings is 1. The Bertz CT molecular complexity index is 1240. The Morgan fingerprint density at radius 2 is 1.72 bits per heavy atom. The minimum absolute atomic E-state index is 0.225. The van der Waals surface area contributed by atoms with Gasteiger partial charge in [-0.25, -0.2) is 4.98 Å². The number of hydrogen-bond donors (Lipinski definition) is 2. The Morgan fingerprint density at radius 3 is 2.44 bits per heavy atom. The number of benzene rings is 2. The average Bonchev–Trinajstić information content (AvgIpc) is 3.40. The zero-order valence-corrected chi connectivity index (χ0v) is 22.0. The van der Waals surface area contributed by atoms with Crippen LogP contribution in [0.1, 0.15) is 34.3 Å². The number of likely N-dealkylation sites (tertiary alicyclic amines) is 1. The molecule has 1 saturated heterocycles. The van der Waals surface area contributed by atoms with Gasteiger partial charge in [0.2, 0.25) is 0 Å². The Balaban J connectivity index is 1.13. The third-order valence-corrected chi connectivity index (χ3v) is 7.69. The van der Waals surface area contributed by atoms with Gasteiger partial charge in [0.05, 0.1) is 5.01 Å². The summed E-state index contributed by atoms with van der Waals surface area (Å²) in [7, 11) is 4.05. The van der Waals surface area contributed by atoms with Gasteiger partial charge < -0.3 is 29.9 Å². The van der Waals surface area contributed by atoms with Gasteiger partial charge in [-0.2, -0.15) is 0 Å². The van der Waals surface area contributed by atoms with E-state index in [9.17, 15) is 4.79 Å². The van der Waals surface area contributed by atoms with Crippen LogP contribution in [-0.2, 0) is 0 Å². The maximum Gasteiger partial charge on any atom is 0.275 e. The zero-order chi connectivity index (χ0) is 25.1. The van der Waals surface area contributed by atoms with Crippen molar-refractivity contribution >= 4 is 51.6 Å². The van der Waals surface area contributed by atoms with E-state index in [1.165, 1.54) is 0 Å². The summed E-state index contributed by atoms with van der Waals surface area (Å²) in [6.45, 7) is 2.74. The van der Waals surface area contributed by atoms with Gasteiger partial charge in [-0.15, -0.1) is 11.3 Å². The molecule has 2 N–H and O–H groups in total. The van der Waals surface area contributed by atoms with Crippen LogP contribution in [-0.4, -0.2) is 61.3 Å². The highest BCUT2D eigenvalue weighted by Gasteiger charge is 2.25.